The molecule has 0 radical (unpaired) electrons. The van der Waals surface area contributed by atoms with Crippen LogP contribution in [0.4, 0.5) is 0 Å². The zero-order valence-corrected chi connectivity index (χ0v) is 7.37. The van der Waals surface area contributed by atoms with Crippen LogP contribution in [0.2, 0.25) is 0 Å². The summed E-state index contributed by atoms with van der Waals surface area (Å²) in [5, 5.41) is 17.3. The lowest BCUT2D eigenvalue weighted by Crippen LogP contribution is -2.32. The molecule has 0 spiro atoms. The zero-order valence-electron chi connectivity index (χ0n) is 7.37. The molecule has 1 N–H and O–H groups in total. The van der Waals surface area contributed by atoms with Crippen molar-refractivity contribution < 1.29 is 5.11 Å². The van der Waals surface area contributed by atoms with Crippen molar-refractivity contribution in [1.29, 1.82) is 5.26 Å². The Balaban J connectivity index is 2.18. The highest BCUT2D eigenvalue weighted by Crippen LogP contribution is 2.16. The van der Waals surface area contributed by atoms with Gasteiger partial charge in [-0.25, -0.2) is 0 Å². The van der Waals surface area contributed by atoms with Crippen LogP contribution >= 0.6 is 0 Å². The summed E-state index contributed by atoms with van der Waals surface area (Å²) in [6.07, 6.45) is 3.88. The molecule has 0 aromatic carbocycles. The van der Waals surface area contributed by atoms with Crippen LogP contribution in [0.25, 0.3) is 0 Å². The second-order valence-corrected chi connectivity index (χ2v) is 3.28. The topological polar surface area (TPSA) is 47.3 Å². The molecular formula is C9H16N2O. The highest BCUT2D eigenvalue weighted by molar-refractivity contribution is 4.79. The van der Waals surface area contributed by atoms with Crippen LogP contribution in [-0.2, 0) is 0 Å². The Labute approximate surface area is 73.6 Å². The van der Waals surface area contributed by atoms with Gasteiger partial charge in [-0.3, -0.25) is 4.90 Å². The molecule has 0 bridgehead atoms. The first kappa shape index (κ1) is 9.50. The Kier molecular flexibility index (Phi) is 4.06. The predicted octanol–water partition coefficient (Wildman–Crippen LogP) is 0.747. The van der Waals surface area contributed by atoms with Gasteiger partial charge in [-0.05, 0) is 32.4 Å². The molecular weight excluding hydrogens is 152 g/mol. The molecule has 12 heavy (non-hydrogen) atoms. The van der Waals surface area contributed by atoms with E-state index in [1.807, 2.05) is 0 Å². The number of likely N-dealkylation sites (tertiary alicyclic amines) is 1. The van der Waals surface area contributed by atoms with E-state index in [0.29, 0.717) is 12.5 Å². The Morgan fingerprint density at radius 2 is 2.42 bits per heavy atom. The normalized spacial score (nSPS) is 24.2. The molecule has 68 valence electrons. The lowest BCUT2D eigenvalue weighted by Gasteiger charge is -2.21. The average molecular weight is 168 g/mol. The minimum Gasteiger partial charge on any atom is -0.395 e. The van der Waals surface area contributed by atoms with Crippen molar-refractivity contribution in [2.75, 3.05) is 19.7 Å². The lowest BCUT2D eigenvalue weighted by molar-refractivity contribution is 0.158. The van der Waals surface area contributed by atoms with E-state index in [1.165, 1.54) is 6.42 Å². The molecule has 3 heteroatoms. The summed E-state index contributed by atoms with van der Waals surface area (Å²) in [6, 6.07) is 2.50. The van der Waals surface area contributed by atoms with Gasteiger partial charge >= 0.3 is 0 Å². The van der Waals surface area contributed by atoms with Crippen LogP contribution in [0.3, 0.4) is 0 Å². The van der Waals surface area contributed by atoms with E-state index in [2.05, 4.69) is 11.0 Å². The zero-order chi connectivity index (χ0) is 8.81. The molecule has 0 aromatic heterocycles. The maximum Gasteiger partial charge on any atom is 0.0622 e. The van der Waals surface area contributed by atoms with Gasteiger partial charge in [0, 0.05) is 12.5 Å². The van der Waals surface area contributed by atoms with Crippen molar-refractivity contribution >= 4 is 0 Å². The van der Waals surface area contributed by atoms with Crippen LogP contribution in [-0.4, -0.2) is 35.7 Å². The van der Waals surface area contributed by atoms with Crippen molar-refractivity contribution in [2.24, 2.45) is 0 Å². The van der Waals surface area contributed by atoms with Crippen LogP contribution in [0.1, 0.15) is 25.7 Å². The Morgan fingerprint density at radius 3 is 3.08 bits per heavy atom. The monoisotopic (exact) mass is 168 g/mol. The number of hydrogen-bond acceptors (Lipinski definition) is 3. The molecule has 0 amide bonds. The van der Waals surface area contributed by atoms with E-state index in [9.17, 15) is 0 Å². The molecule has 0 aromatic rings. The van der Waals surface area contributed by atoms with E-state index in [1.54, 1.807) is 0 Å². The second kappa shape index (κ2) is 5.13. The lowest BCUT2D eigenvalue weighted by atomic mass is 10.2. The Morgan fingerprint density at radius 1 is 1.58 bits per heavy atom. The third-order valence-electron chi connectivity index (χ3n) is 2.44. The third-order valence-corrected chi connectivity index (χ3v) is 2.44. The van der Waals surface area contributed by atoms with Gasteiger partial charge in [0.25, 0.3) is 0 Å². The summed E-state index contributed by atoms with van der Waals surface area (Å²) >= 11 is 0. The average Bonchev–Trinajstić information content (AvgIpc) is 2.52. The summed E-state index contributed by atoms with van der Waals surface area (Å²) in [5.74, 6) is 0. The van der Waals surface area contributed by atoms with Gasteiger partial charge in [0.05, 0.1) is 12.7 Å². The number of nitriles is 1. The van der Waals surface area contributed by atoms with Crippen LogP contribution in [0.15, 0.2) is 0 Å². The molecule has 0 saturated carbocycles. The fraction of sp³-hybridized carbons (Fsp3) is 0.889. The summed E-state index contributed by atoms with van der Waals surface area (Å²) in [7, 11) is 0. The molecule has 3 nitrogen and oxygen atoms in total. The standard InChI is InChI=1S/C9H16N2O/c10-5-1-2-6-11-7-3-4-9(11)8-12/h9,12H,1-4,6-8H2. The van der Waals surface area contributed by atoms with Gasteiger partial charge in [-0.1, -0.05) is 0 Å². The molecule has 1 saturated heterocycles. The van der Waals surface area contributed by atoms with Gasteiger partial charge < -0.3 is 5.11 Å². The first-order chi connectivity index (χ1) is 5.88. The molecule has 1 heterocycles. The van der Waals surface area contributed by atoms with Crippen molar-refractivity contribution in [1.82, 2.24) is 4.90 Å². The summed E-state index contributed by atoms with van der Waals surface area (Å²) in [5.41, 5.74) is 0. The van der Waals surface area contributed by atoms with Gasteiger partial charge in [0.1, 0.15) is 0 Å². The molecule has 1 atom stereocenters. The number of rotatable bonds is 4. The van der Waals surface area contributed by atoms with Crippen molar-refractivity contribution in [3.63, 3.8) is 0 Å². The van der Waals surface area contributed by atoms with Gasteiger partial charge in [0.15, 0.2) is 0 Å². The largest absolute Gasteiger partial charge is 0.395 e. The van der Waals surface area contributed by atoms with Crippen molar-refractivity contribution in [3.8, 4) is 6.07 Å². The second-order valence-electron chi connectivity index (χ2n) is 3.28. The first-order valence-electron chi connectivity index (χ1n) is 4.60. The van der Waals surface area contributed by atoms with E-state index < -0.39 is 0 Å². The SMILES string of the molecule is N#CCCCN1CCCC1CO. The molecule has 1 unspecified atom stereocenters. The Bertz CT molecular complexity index is 164. The van der Waals surface area contributed by atoms with E-state index in [4.69, 9.17) is 10.4 Å². The quantitative estimate of drug-likeness (QED) is 0.630. The highest BCUT2D eigenvalue weighted by atomic mass is 16.3. The van der Waals surface area contributed by atoms with E-state index >= 15 is 0 Å². The molecule has 1 fully saturated rings. The van der Waals surface area contributed by atoms with Crippen molar-refractivity contribution in [2.45, 2.75) is 31.7 Å². The number of hydrogen-bond donors (Lipinski definition) is 1. The molecule has 1 aliphatic heterocycles. The van der Waals surface area contributed by atoms with E-state index in [0.717, 1.165) is 25.9 Å². The summed E-state index contributed by atoms with van der Waals surface area (Å²) < 4.78 is 0. The summed E-state index contributed by atoms with van der Waals surface area (Å²) in [4.78, 5) is 2.29. The van der Waals surface area contributed by atoms with Gasteiger partial charge in [-0.15, -0.1) is 0 Å². The Hall–Kier alpha value is -0.590. The molecule has 1 rings (SSSR count). The predicted molar refractivity (Wildman–Crippen MR) is 46.5 cm³/mol. The van der Waals surface area contributed by atoms with Crippen LogP contribution in [0, 0.1) is 11.3 Å². The number of unbranched alkanes of at least 4 members (excludes halogenated alkanes) is 1. The number of aliphatic hydroxyl groups is 1. The molecule has 0 aliphatic carbocycles. The summed E-state index contributed by atoms with van der Waals surface area (Å²) in [6.45, 7) is 2.34. The smallest absolute Gasteiger partial charge is 0.0622 e. The molecule has 1 aliphatic rings. The van der Waals surface area contributed by atoms with Crippen molar-refractivity contribution in [3.05, 3.63) is 0 Å². The maximum atomic E-state index is 8.99. The van der Waals surface area contributed by atoms with E-state index in [-0.39, 0.29) is 6.61 Å². The van der Waals surface area contributed by atoms with Crippen LogP contribution in [0.5, 0.6) is 0 Å². The van der Waals surface area contributed by atoms with Gasteiger partial charge in [0.2, 0.25) is 0 Å². The first-order valence-corrected chi connectivity index (χ1v) is 4.60. The minimum atomic E-state index is 0.270. The number of nitrogens with zero attached hydrogens (tertiary/aromatic N) is 2. The highest BCUT2D eigenvalue weighted by Gasteiger charge is 2.22. The van der Waals surface area contributed by atoms with Gasteiger partial charge in [-0.2, -0.15) is 5.26 Å². The van der Waals surface area contributed by atoms with Crippen LogP contribution < -0.4 is 0 Å². The third kappa shape index (κ3) is 2.47. The number of aliphatic hydroxyl groups excluding tert-OH is 1. The fourth-order valence-electron chi connectivity index (χ4n) is 1.76. The fourth-order valence-corrected chi connectivity index (χ4v) is 1.76. The minimum absolute atomic E-state index is 0.270. The maximum absolute atomic E-state index is 8.99.